The van der Waals surface area contributed by atoms with Gasteiger partial charge in [-0.25, -0.2) is 0 Å². The van der Waals surface area contributed by atoms with E-state index in [0.717, 1.165) is 12.8 Å². The van der Waals surface area contributed by atoms with Crippen LogP contribution < -0.4 is 0 Å². The molecule has 2 bridgehead atoms. The van der Waals surface area contributed by atoms with Crippen molar-refractivity contribution in [2.75, 3.05) is 6.61 Å². The molecule has 2 fully saturated rings. The molecule has 5 unspecified atom stereocenters. The van der Waals surface area contributed by atoms with Crippen LogP contribution in [0, 0.1) is 29.6 Å². The Kier molecular flexibility index (Phi) is 8.04. The summed E-state index contributed by atoms with van der Waals surface area (Å²) in [6.45, 7) is 3.78. The molecule has 3 nitrogen and oxygen atoms in total. The second-order valence-corrected chi connectivity index (χ2v) is 7.42. The van der Waals surface area contributed by atoms with E-state index in [1.165, 1.54) is 4.94 Å². The Hall–Kier alpha value is -1.34. The molecule has 0 heterocycles. The summed E-state index contributed by atoms with van der Waals surface area (Å²) in [6.07, 6.45) is -16.5. The summed E-state index contributed by atoms with van der Waals surface area (Å²) in [5.41, 5.74) is 0. The molecule has 30 heavy (non-hydrogen) atoms. The van der Waals surface area contributed by atoms with Gasteiger partial charge in [0.05, 0.1) is 18.9 Å². The van der Waals surface area contributed by atoms with Crippen LogP contribution in [0.4, 0.5) is 48.4 Å². The van der Waals surface area contributed by atoms with E-state index in [1.54, 1.807) is 0 Å². The van der Waals surface area contributed by atoms with Gasteiger partial charge < -0.3 is 4.74 Å². The largest absolute Gasteiger partial charge is 0.465 e. The smallest absolute Gasteiger partial charge is 0.461 e. The van der Waals surface area contributed by atoms with Crippen LogP contribution >= 0.6 is 0 Å². The second kappa shape index (κ2) is 9.03. The quantitative estimate of drug-likeness (QED) is 0.370. The number of esters is 1. The van der Waals surface area contributed by atoms with Crippen molar-refractivity contribution >= 4 is 5.97 Å². The molecular formula is C16H19F11O3. The lowest BCUT2D eigenvalue weighted by Crippen LogP contribution is -2.53. The fraction of sp³-hybridized carbons (Fsp3) is 0.938. The topological polar surface area (TPSA) is 35.5 Å². The molecule has 2 rings (SSSR count). The van der Waals surface area contributed by atoms with E-state index in [1.807, 2.05) is 0 Å². The zero-order valence-corrected chi connectivity index (χ0v) is 15.6. The highest BCUT2D eigenvalue weighted by molar-refractivity contribution is 5.73. The van der Waals surface area contributed by atoms with E-state index in [4.69, 9.17) is 4.74 Å². The van der Waals surface area contributed by atoms with E-state index in [2.05, 4.69) is 13.8 Å². The monoisotopic (exact) mass is 468 g/mol. The molecule has 2 saturated carbocycles. The molecule has 5 atom stereocenters. The summed E-state index contributed by atoms with van der Waals surface area (Å²) in [7, 11) is 0. The van der Waals surface area contributed by atoms with Crippen LogP contribution in [0.3, 0.4) is 0 Å². The van der Waals surface area contributed by atoms with Crippen LogP contribution in [0.2, 0.25) is 0 Å². The lowest BCUT2D eigenvalue weighted by molar-refractivity contribution is -0.479. The van der Waals surface area contributed by atoms with Gasteiger partial charge in [0.2, 0.25) is 0 Å². The molecule has 0 radical (unpaired) electrons. The van der Waals surface area contributed by atoms with Gasteiger partial charge in [-0.3, -0.25) is 4.79 Å². The minimum absolute atomic E-state index is 0.172. The van der Waals surface area contributed by atoms with Crippen molar-refractivity contribution in [3.05, 3.63) is 0 Å². The Morgan fingerprint density at radius 1 is 0.867 bits per heavy atom. The maximum atomic E-state index is 12.0. The summed E-state index contributed by atoms with van der Waals surface area (Å²) >= 11 is 0. The average molecular weight is 468 g/mol. The number of carbonyl (C=O) groups excluding carboxylic acids is 1. The molecule has 2 aliphatic rings. The van der Waals surface area contributed by atoms with Gasteiger partial charge in [-0.1, -0.05) is 13.8 Å². The third-order valence-electron chi connectivity index (χ3n) is 5.66. The highest BCUT2D eigenvalue weighted by Crippen LogP contribution is 2.55. The van der Waals surface area contributed by atoms with Gasteiger partial charge in [0.15, 0.2) is 0 Å². The summed E-state index contributed by atoms with van der Waals surface area (Å²) in [5, 5.41) is 0. The number of alkyl halides is 10. The van der Waals surface area contributed by atoms with Crippen LogP contribution in [0.1, 0.15) is 33.1 Å². The number of fused-ring (bicyclic) bond motifs is 2. The molecule has 2 aliphatic carbocycles. The van der Waals surface area contributed by atoms with Crippen molar-refractivity contribution in [1.29, 1.82) is 0 Å². The van der Waals surface area contributed by atoms with Gasteiger partial charge in [0.25, 0.3) is 0 Å². The Labute approximate surface area is 163 Å². The first-order valence-electron chi connectivity index (χ1n) is 8.71. The van der Waals surface area contributed by atoms with Crippen LogP contribution in [-0.4, -0.2) is 37.0 Å². The second-order valence-electron chi connectivity index (χ2n) is 7.42. The Bertz CT molecular complexity index is 568. The molecule has 0 amide bonds. The number of hydrogen-bond acceptors (Lipinski definition) is 3. The zero-order valence-electron chi connectivity index (χ0n) is 15.6. The highest BCUT2D eigenvalue weighted by Gasteiger charge is 2.76. The molecule has 0 aromatic rings. The van der Waals surface area contributed by atoms with E-state index >= 15 is 0 Å². The standard InChI is InChI=1S/C13H19F3O2.C3F8O/c1-7-8(2)10-5-9(7)6-11(10)12(17)18-4-3-13(14,15)16;4-1(12-11,2(5,6)7)3(8,9)10/h7-11H,3-6H2,1-2H3;. The number of ether oxygens (including phenoxy) is 1. The summed E-state index contributed by atoms with van der Waals surface area (Å²) in [6, 6.07) is 0. The van der Waals surface area contributed by atoms with E-state index in [-0.39, 0.29) is 5.92 Å². The number of rotatable bonds is 4. The van der Waals surface area contributed by atoms with Crippen molar-refractivity contribution in [3.63, 3.8) is 0 Å². The lowest BCUT2D eigenvalue weighted by Gasteiger charge is -2.30. The van der Waals surface area contributed by atoms with Crippen LogP contribution in [0.15, 0.2) is 0 Å². The molecule has 0 aromatic carbocycles. The van der Waals surface area contributed by atoms with Gasteiger partial charge in [0, 0.05) is 0 Å². The fourth-order valence-corrected chi connectivity index (χ4v) is 3.83. The SMILES string of the molecule is CC1C2CC(C(=O)OCCC(F)(F)F)C(C2)C1C.FOC(F)(C(F)(F)F)C(F)(F)F. The van der Waals surface area contributed by atoms with Gasteiger partial charge in [-0.15, -0.1) is 4.94 Å². The Balaban J connectivity index is 0.000000329. The van der Waals surface area contributed by atoms with Crippen LogP contribution in [0.5, 0.6) is 0 Å². The third kappa shape index (κ3) is 5.88. The molecular weight excluding hydrogens is 449 g/mol. The molecule has 14 heteroatoms. The lowest BCUT2D eigenvalue weighted by atomic mass is 9.76. The van der Waals surface area contributed by atoms with Gasteiger partial charge >= 0.3 is 30.4 Å². The molecule has 0 saturated heterocycles. The maximum Gasteiger partial charge on any atom is 0.461 e. The van der Waals surface area contributed by atoms with Crippen molar-refractivity contribution < 1.29 is 62.9 Å². The minimum atomic E-state index is -6.50. The first-order chi connectivity index (χ1) is 13.4. The number of hydrogen-bond donors (Lipinski definition) is 0. The first kappa shape index (κ1) is 26.7. The van der Waals surface area contributed by atoms with Crippen molar-refractivity contribution in [1.82, 2.24) is 0 Å². The summed E-state index contributed by atoms with van der Waals surface area (Å²) in [4.78, 5) is 13.0. The number of halogens is 11. The Morgan fingerprint density at radius 2 is 1.37 bits per heavy atom. The van der Waals surface area contributed by atoms with Gasteiger partial charge in [0.1, 0.15) is 0 Å². The van der Waals surface area contributed by atoms with E-state index < -0.39 is 43.4 Å². The molecule has 0 aromatic heterocycles. The molecule has 0 spiro atoms. The van der Waals surface area contributed by atoms with Gasteiger partial charge in [-0.05, 0) is 41.0 Å². The first-order valence-corrected chi connectivity index (χ1v) is 8.71. The predicted molar refractivity (Wildman–Crippen MR) is 77.8 cm³/mol. The fourth-order valence-electron chi connectivity index (χ4n) is 3.83. The van der Waals surface area contributed by atoms with E-state index in [0.29, 0.717) is 23.7 Å². The van der Waals surface area contributed by atoms with Crippen LogP contribution in [-0.2, 0) is 14.5 Å². The molecule has 178 valence electrons. The van der Waals surface area contributed by atoms with Crippen molar-refractivity contribution in [2.45, 2.75) is 57.5 Å². The van der Waals surface area contributed by atoms with Crippen LogP contribution in [0.25, 0.3) is 0 Å². The Morgan fingerprint density at radius 3 is 1.67 bits per heavy atom. The third-order valence-corrected chi connectivity index (χ3v) is 5.66. The minimum Gasteiger partial charge on any atom is -0.465 e. The normalized spacial score (nSPS) is 29.4. The average Bonchev–Trinajstić information content (AvgIpc) is 3.12. The zero-order chi connectivity index (χ0) is 23.7. The molecule has 0 N–H and O–H groups in total. The molecule has 0 aliphatic heterocycles. The van der Waals surface area contributed by atoms with Gasteiger partial charge in [-0.2, -0.15) is 43.9 Å². The summed E-state index contributed by atoms with van der Waals surface area (Å²) < 4.78 is 130. The summed E-state index contributed by atoms with van der Waals surface area (Å²) in [5.74, 6) is -4.90. The maximum absolute atomic E-state index is 12.0. The predicted octanol–water partition coefficient (Wildman–Crippen LogP) is 6.09. The van der Waals surface area contributed by atoms with E-state index in [9.17, 15) is 53.2 Å². The highest BCUT2D eigenvalue weighted by atomic mass is 19.4. The van der Waals surface area contributed by atoms with Crippen molar-refractivity contribution in [3.8, 4) is 0 Å². The number of carbonyl (C=O) groups is 1. The van der Waals surface area contributed by atoms with Crippen molar-refractivity contribution in [2.24, 2.45) is 29.6 Å².